The average molecular weight is 368 g/mol. The van der Waals surface area contributed by atoms with Gasteiger partial charge in [-0.25, -0.2) is 4.98 Å². The smallest absolute Gasteiger partial charge is 0.107 e. The Bertz CT molecular complexity index is 836. The van der Waals surface area contributed by atoms with E-state index in [9.17, 15) is 0 Å². The van der Waals surface area contributed by atoms with Crippen LogP contribution in [0.15, 0.2) is 53.4 Å². The van der Waals surface area contributed by atoms with Gasteiger partial charge in [0.25, 0.3) is 0 Å². The van der Waals surface area contributed by atoms with Crippen LogP contribution in [0.25, 0.3) is 11.0 Å². The van der Waals surface area contributed by atoms with Crippen molar-refractivity contribution in [3.8, 4) is 0 Å². The van der Waals surface area contributed by atoms with Crippen LogP contribution in [0.5, 0.6) is 0 Å². The number of rotatable bonds is 8. The number of nitrogens with one attached hydrogen (secondary N) is 1. The molecule has 0 amide bonds. The Morgan fingerprint density at radius 3 is 2.46 bits per heavy atom. The van der Waals surface area contributed by atoms with Crippen molar-refractivity contribution in [1.29, 1.82) is 0 Å². The Morgan fingerprint density at radius 2 is 1.73 bits per heavy atom. The van der Waals surface area contributed by atoms with Gasteiger partial charge in [0.1, 0.15) is 5.82 Å². The third kappa shape index (κ3) is 4.89. The van der Waals surface area contributed by atoms with Gasteiger partial charge in [-0.1, -0.05) is 38.1 Å². The number of hydrogen-bond donors (Lipinski definition) is 1. The molecule has 4 heteroatoms. The van der Waals surface area contributed by atoms with Crippen molar-refractivity contribution in [2.24, 2.45) is 5.92 Å². The first-order valence-corrected chi connectivity index (χ1v) is 10.3. The number of imidazole rings is 1. The lowest BCUT2D eigenvalue weighted by Gasteiger charge is -2.14. The fourth-order valence-corrected chi connectivity index (χ4v) is 3.78. The van der Waals surface area contributed by atoms with Crippen molar-refractivity contribution in [1.82, 2.24) is 14.3 Å². The lowest BCUT2D eigenvalue weighted by molar-refractivity contribution is 0.501. The van der Waals surface area contributed by atoms with Crippen molar-refractivity contribution >= 4 is 23.0 Å². The van der Waals surface area contributed by atoms with Crippen molar-refractivity contribution in [2.75, 3.05) is 0 Å². The topological polar surface area (TPSA) is 29.9 Å². The van der Waals surface area contributed by atoms with Crippen molar-refractivity contribution < 1.29 is 0 Å². The molecule has 0 bridgehead atoms. The highest BCUT2D eigenvalue weighted by Crippen LogP contribution is 2.20. The summed E-state index contributed by atoms with van der Waals surface area (Å²) in [6.07, 6.45) is 2.49. The summed E-state index contributed by atoms with van der Waals surface area (Å²) in [5.41, 5.74) is 3.56. The summed E-state index contributed by atoms with van der Waals surface area (Å²) >= 11 is 1.73. The SMILES string of the molecule is Cc1nc2ccccc2n1Cc1ccc(SNC(C)CCC(C)C)cc1. The molecule has 1 heterocycles. The van der Waals surface area contributed by atoms with E-state index in [1.54, 1.807) is 11.9 Å². The standard InChI is InChI=1S/C22H29N3S/c1-16(2)9-10-17(3)24-26-20-13-11-19(12-14-20)15-25-18(4)23-21-7-5-6-8-22(21)25/h5-8,11-14,16-17,24H,9-10,15H2,1-4H3. The van der Waals surface area contributed by atoms with Gasteiger partial charge in [0.2, 0.25) is 0 Å². The lowest BCUT2D eigenvalue weighted by Crippen LogP contribution is -2.19. The van der Waals surface area contributed by atoms with E-state index < -0.39 is 0 Å². The second kappa shape index (κ2) is 8.74. The summed E-state index contributed by atoms with van der Waals surface area (Å²) in [6.45, 7) is 9.76. The zero-order valence-electron chi connectivity index (χ0n) is 16.2. The van der Waals surface area contributed by atoms with Crippen LogP contribution in [0.4, 0.5) is 0 Å². The second-order valence-corrected chi connectivity index (χ2v) is 8.38. The first-order chi connectivity index (χ1) is 12.5. The zero-order valence-corrected chi connectivity index (χ0v) is 17.0. The van der Waals surface area contributed by atoms with Crippen LogP contribution in [-0.4, -0.2) is 15.6 Å². The Morgan fingerprint density at radius 1 is 1.00 bits per heavy atom. The fraction of sp³-hybridized carbons (Fsp3) is 0.409. The number of fused-ring (bicyclic) bond motifs is 1. The Labute approximate surface area is 161 Å². The molecule has 0 radical (unpaired) electrons. The molecule has 0 aliphatic rings. The van der Waals surface area contributed by atoms with E-state index in [4.69, 9.17) is 0 Å². The minimum absolute atomic E-state index is 0.530. The summed E-state index contributed by atoms with van der Waals surface area (Å²) in [5, 5.41) is 0. The first-order valence-electron chi connectivity index (χ1n) is 9.46. The Kier molecular flexibility index (Phi) is 6.38. The minimum Gasteiger partial charge on any atom is -0.324 e. The largest absolute Gasteiger partial charge is 0.324 e. The molecule has 3 aromatic rings. The normalized spacial score (nSPS) is 12.8. The van der Waals surface area contributed by atoms with Gasteiger partial charge in [0.05, 0.1) is 11.0 Å². The highest BCUT2D eigenvalue weighted by atomic mass is 32.2. The van der Waals surface area contributed by atoms with Crippen LogP contribution in [0.3, 0.4) is 0 Å². The molecule has 2 aromatic carbocycles. The summed E-state index contributed by atoms with van der Waals surface area (Å²) in [6, 6.07) is 17.7. The maximum absolute atomic E-state index is 4.65. The Hall–Kier alpha value is -1.78. The molecular weight excluding hydrogens is 338 g/mol. The quantitative estimate of drug-likeness (QED) is 0.509. The molecule has 1 N–H and O–H groups in total. The highest BCUT2D eigenvalue weighted by molar-refractivity contribution is 7.97. The first kappa shape index (κ1) is 19.0. The predicted molar refractivity (Wildman–Crippen MR) is 113 cm³/mol. The molecule has 26 heavy (non-hydrogen) atoms. The molecule has 1 aromatic heterocycles. The third-order valence-electron chi connectivity index (χ3n) is 4.66. The predicted octanol–water partition coefficient (Wildman–Crippen LogP) is 5.81. The summed E-state index contributed by atoms with van der Waals surface area (Å²) in [4.78, 5) is 5.92. The Balaban J connectivity index is 1.60. The van der Waals surface area contributed by atoms with Crippen LogP contribution in [0.1, 0.15) is 45.0 Å². The second-order valence-electron chi connectivity index (χ2n) is 7.47. The van der Waals surface area contributed by atoms with Crippen LogP contribution in [-0.2, 0) is 6.54 Å². The highest BCUT2D eigenvalue weighted by Gasteiger charge is 2.08. The van der Waals surface area contributed by atoms with Gasteiger partial charge in [-0.2, -0.15) is 0 Å². The number of benzene rings is 2. The van der Waals surface area contributed by atoms with E-state index in [1.165, 1.54) is 28.8 Å². The molecule has 1 atom stereocenters. The van der Waals surface area contributed by atoms with Gasteiger partial charge >= 0.3 is 0 Å². The van der Waals surface area contributed by atoms with Crippen molar-refractivity contribution in [3.05, 3.63) is 59.9 Å². The maximum atomic E-state index is 4.65. The number of aromatic nitrogens is 2. The average Bonchev–Trinajstić information content (AvgIpc) is 2.95. The van der Waals surface area contributed by atoms with E-state index in [-0.39, 0.29) is 0 Å². The van der Waals surface area contributed by atoms with Gasteiger partial charge in [0, 0.05) is 17.5 Å². The summed E-state index contributed by atoms with van der Waals surface area (Å²) < 4.78 is 5.84. The van der Waals surface area contributed by atoms with Crippen LogP contribution >= 0.6 is 11.9 Å². The van der Waals surface area contributed by atoms with Crippen LogP contribution in [0.2, 0.25) is 0 Å². The van der Waals surface area contributed by atoms with Crippen LogP contribution < -0.4 is 4.72 Å². The number of hydrogen-bond acceptors (Lipinski definition) is 3. The van der Waals surface area contributed by atoms with E-state index in [1.807, 2.05) is 6.07 Å². The number of para-hydroxylation sites is 2. The summed E-state index contributed by atoms with van der Waals surface area (Å²) in [7, 11) is 0. The molecule has 3 nitrogen and oxygen atoms in total. The molecular formula is C22H29N3S. The van der Waals surface area contributed by atoms with Crippen molar-refractivity contribution in [3.63, 3.8) is 0 Å². The molecule has 0 saturated carbocycles. The van der Waals surface area contributed by atoms with Gasteiger partial charge < -0.3 is 4.57 Å². The third-order valence-corrected chi connectivity index (χ3v) is 5.69. The molecule has 0 aliphatic heterocycles. The summed E-state index contributed by atoms with van der Waals surface area (Å²) in [5.74, 6) is 1.83. The number of nitrogens with zero attached hydrogens (tertiary/aromatic N) is 2. The molecule has 1 unspecified atom stereocenters. The van der Waals surface area contributed by atoms with E-state index in [0.717, 1.165) is 23.8 Å². The van der Waals surface area contributed by atoms with Crippen LogP contribution in [0, 0.1) is 12.8 Å². The van der Waals surface area contributed by atoms with E-state index in [2.05, 4.69) is 84.4 Å². The van der Waals surface area contributed by atoms with Crippen molar-refractivity contribution in [2.45, 2.75) is 58.0 Å². The lowest BCUT2D eigenvalue weighted by atomic mass is 10.1. The monoisotopic (exact) mass is 367 g/mol. The van der Waals surface area contributed by atoms with Gasteiger partial charge in [-0.3, -0.25) is 4.72 Å². The van der Waals surface area contributed by atoms with Gasteiger partial charge in [-0.15, -0.1) is 0 Å². The molecule has 0 saturated heterocycles. The maximum Gasteiger partial charge on any atom is 0.107 e. The number of aryl methyl sites for hydroxylation is 1. The molecule has 0 aliphatic carbocycles. The van der Waals surface area contributed by atoms with E-state index >= 15 is 0 Å². The molecule has 138 valence electrons. The fourth-order valence-electron chi connectivity index (χ4n) is 3.05. The molecule has 0 fully saturated rings. The van der Waals surface area contributed by atoms with Gasteiger partial charge in [-0.05, 0) is 74.4 Å². The van der Waals surface area contributed by atoms with Gasteiger partial charge in [0.15, 0.2) is 0 Å². The molecule has 0 spiro atoms. The van der Waals surface area contributed by atoms with E-state index in [0.29, 0.717) is 6.04 Å². The minimum atomic E-state index is 0.530. The molecule has 3 rings (SSSR count). The zero-order chi connectivity index (χ0) is 18.5.